The van der Waals surface area contributed by atoms with Gasteiger partial charge in [-0.3, -0.25) is 4.79 Å². The van der Waals surface area contributed by atoms with Crippen LogP contribution in [0.15, 0.2) is 36.4 Å². The second kappa shape index (κ2) is 5.22. The van der Waals surface area contributed by atoms with Gasteiger partial charge in [-0.2, -0.15) is 0 Å². The molecule has 0 heterocycles. The maximum absolute atomic E-state index is 12.1. The van der Waals surface area contributed by atoms with Crippen LogP contribution in [0.2, 0.25) is 0 Å². The molecule has 3 heteroatoms. The minimum atomic E-state index is -0.943. The van der Waals surface area contributed by atoms with Gasteiger partial charge in [0.15, 0.2) is 5.78 Å². The summed E-state index contributed by atoms with van der Waals surface area (Å²) in [5.41, 5.74) is 0.943. The second-order valence-electron chi connectivity index (χ2n) is 4.76. The highest BCUT2D eigenvalue weighted by Gasteiger charge is 2.13. The van der Waals surface area contributed by atoms with Crippen molar-refractivity contribution in [1.82, 2.24) is 0 Å². The summed E-state index contributed by atoms with van der Waals surface area (Å²) in [6, 6.07) is 10.3. The topological polar surface area (TPSA) is 54.4 Å². The van der Waals surface area contributed by atoms with E-state index < -0.39 is 5.97 Å². The van der Waals surface area contributed by atoms with Crippen molar-refractivity contribution in [3.63, 3.8) is 0 Å². The Kier molecular flexibility index (Phi) is 3.65. The number of aromatic carboxylic acids is 1. The van der Waals surface area contributed by atoms with E-state index in [0.717, 1.165) is 17.2 Å². The lowest BCUT2D eigenvalue weighted by Gasteiger charge is -2.08. The Hall–Kier alpha value is -2.16. The van der Waals surface area contributed by atoms with Crippen molar-refractivity contribution >= 4 is 22.5 Å². The van der Waals surface area contributed by atoms with Crippen LogP contribution in [0.5, 0.6) is 0 Å². The largest absolute Gasteiger partial charge is 0.478 e. The molecule has 98 valence electrons. The maximum Gasteiger partial charge on any atom is 0.335 e. The molecule has 0 saturated heterocycles. The number of benzene rings is 2. The predicted molar refractivity (Wildman–Crippen MR) is 74.7 cm³/mol. The van der Waals surface area contributed by atoms with E-state index >= 15 is 0 Å². The summed E-state index contributed by atoms with van der Waals surface area (Å²) in [6.45, 7) is 3.91. The van der Waals surface area contributed by atoms with Gasteiger partial charge in [-0.1, -0.05) is 32.0 Å². The SMILES string of the molecule is CCC(C)C(=O)c1ccc2cc(C(=O)O)ccc2c1. The van der Waals surface area contributed by atoms with Crippen LogP contribution in [0.3, 0.4) is 0 Å². The van der Waals surface area contributed by atoms with E-state index in [-0.39, 0.29) is 17.3 Å². The van der Waals surface area contributed by atoms with E-state index in [9.17, 15) is 9.59 Å². The van der Waals surface area contributed by atoms with Crippen LogP contribution < -0.4 is 0 Å². The molecule has 0 aromatic heterocycles. The van der Waals surface area contributed by atoms with Crippen molar-refractivity contribution in [1.29, 1.82) is 0 Å². The Morgan fingerprint density at radius 1 is 1.05 bits per heavy atom. The summed E-state index contributed by atoms with van der Waals surface area (Å²) in [6.07, 6.45) is 0.814. The van der Waals surface area contributed by atoms with E-state index in [1.807, 2.05) is 19.9 Å². The number of Topliss-reactive ketones (excluding diaryl/α,β-unsaturated/α-hetero) is 1. The van der Waals surface area contributed by atoms with E-state index in [2.05, 4.69) is 0 Å². The molecular formula is C16H16O3. The smallest absolute Gasteiger partial charge is 0.335 e. The number of hydrogen-bond acceptors (Lipinski definition) is 2. The third-order valence-electron chi connectivity index (χ3n) is 3.43. The Bertz CT molecular complexity index is 643. The normalized spacial score (nSPS) is 12.3. The summed E-state index contributed by atoms with van der Waals surface area (Å²) < 4.78 is 0. The fourth-order valence-corrected chi connectivity index (χ4v) is 2.00. The molecule has 2 rings (SSSR count). The Morgan fingerprint density at radius 3 is 2.11 bits per heavy atom. The lowest BCUT2D eigenvalue weighted by atomic mass is 9.95. The lowest BCUT2D eigenvalue weighted by molar-refractivity contribution is 0.0696. The molecule has 1 unspecified atom stereocenters. The van der Waals surface area contributed by atoms with Gasteiger partial charge in [0.2, 0.25) is 0 Å². The molecule has 0 spiro atoms. The monoisotopic (exact) mass is 256 g/mol. The van der Waals surface area contributed by atoms with Gasteiger partial charge in [0.1, 0.15) is 0 Å². The molecule has 1 N–H and O–H groups in total. The van der Waals surface area contributed by atoms with E-state index in [4.69, 9.17) is 5.11 Å². The molecule has 1 atom stereocenters. The fraction of sp³-hybridized carbons (Fsp3) is 0.250. The van der Waals surface area contributed by atoms with E-state index in [1.165, 1.54) is 0 Å². The van der Waals surface area contributed by atoms with Crippen molar-refractivity contribution < 1.29 is 14.7 Å². The summed E-state index contributed by atoms with van der Waals surface area (Å²) in [4.78, 5) is 23.0. The van der Waals surface area contributed by atoms with Crippen LogP contribution in [0.4, 0.5) is 0 Å². The third-order valence-corrected chi connectivity index (χ3v) is 3.43. The number of fused-ring (bicyclic) bond motifs is 1. The van der Waals surface area contributed by atoms with Crippen LogP contribution in [0.1, 0.15) is 41.0 Å². The van der Waals surface area contributed by atoms with E-state index in [0.29, 0.717) is 5.56 Å². The highest BCUT2D eigenvalue weighted by molar-refractivity contribution is 6.02. The number of carbonyl (C=O) groups is 2. The molecule has 3 nitrogen and oxygen atoms in total. The molecule has 0 aliphatic heterocycles. The summed E-state index contributed by atoms with van der Waals surface area (Å²) in [5, 5.41) is 10.7. The quantitative estimate of drug-likeness (QED) is 0.847. The molecular weight excluding hydrogens is 240 g/mol. The van der Waals surface area contributed by atoms with Gasteiger partial charge < -0.3 is 5.11 Å². The summed E-state index contributed by atoms with van der Waals surface area (Å²) in [5.74, 6) is -0.802. The van der Waals surface area contributed by atoms with Crippen molar-refractivity contribution in [2.24, 2.45) is 5.92 Å². The summed E-state index contributed by atoms with van der Waals surface area (Å²) >= 11 is 0. The van der Waals surface area contributed by atoms with Gasteiger partial charge in [0.05, 0.1) is 5.56 Å². The number of carboxylic acid groups (broad SMARTS) is 1. The highest BCUT2D eigenvalue weighted by atomic mass is 16.4. The highest BCUT2D eigenvalue weighted by Crippen LogP contribution is 2.20. The first-order valence-electron chi connectivity index (χ1n) is 6.34. The first-order valence-corrected chi connectivity index (χ1v) is 6.34. The molecule has 0 radical (unpaired) electrons. The van der Waals surface area contributed by atoms with Crippen LogP contribution >= 0.6 is 0 Å². The zero-order valence-corrected chi connectivity index (χ0v) is 11.0. The van der Waals surface area contributed by atoms with Crippen LogP contribution in [0.25, 0.3) is 10.8 Å². The third kappa shape index (κ3) is 2.65. The first-order chi connectivity index (χ1) is 9.02. The Morgan fingerprint density at radius 2 is 1.58 bits per heavy atom. The number of carboxylic acids is 1. The van der Waals surface area contributed by atoms with E-state index in [1.54, 1.807) is 30.3 Å². The van der Waals surface area contributed by atoms with Crippen LogP contribution in [-0.4, -0.2) is 16.9 Å². The molecule has 0 amide bonds. The second-order valence-corrected chi connectivity index (χ2v) is 4.76. The minimum Gasteiger partial charge on any atom is -0.478 e. The summed E-state index contributed by atoms with van der Waals surface area (Å²) in [7, 11) is 0. The maximum atomic E-state index is 12.1. The Balaban J connectivity index is 2.45. The molecule has 0 bridgehead atoms. The number of carbonyl (C=O) groups excluding carboxylic acids is 1. The number of rotatable bonds is 4. The van der Waals surface area contributed by atoms with Gasteiger partial charge >= 0.3 is 5.97 Å². The average Bonchev–Trinajstić information content (AvgIpc) is 2.44. The van der Waals surface area contributed by atoms with Crippen LogP contribution in [0, 0.1) is 5.92 Å². The predicted octanol–water partition coefficient (Wildman–Crippen LogP) is 3.77. The van der Waals surface area contributed by atoms with Crippen molar-refractivity contribution in [3.05, 3.63) is 47.5 Å². The standard InChI is InChI=1S/C16H16O3/c1-3-10(2)15(17)13-6-4-12-9-14(16(18)19)7-5-11(12)8-13/h4-10H,3H2,1-2H3,(H,18,19). The zero-order chi connectivity index (χ0) is 14.0. The Labute approximate surface area is 111 Å². The van der Waals surface area contributed by atoms with Crippen LogP contribution in [-0.2, 0) is 0 Å². The van der Waals surface area contributed by atoms with Gasteiger partial charge in [-0.25, -0.2) is 4.79 Å². The molecule has 0 saturated carbocycles. The van der Waals surface area contributed by atoms with Gasteiger partial charge in [-0.05, 0) is 35.4 Å². The average molecular weight is 256 g/mol. The molecule has 2 aromatic rings. The van der Waals surface area contributed by atoms with Crippen molar-refractivity contribution in [3.8, 4) is 0 Å². The number of hydrogen-bond donors (Lipinski definition) is 1. The minimum absolute atomic E-state index is 0.00995. The number of ketones is 1. The van der Waals surface area contributed by atoms with Gasteiger partial charge in [0.25, 0.3) is 0 Å². The molecule has 0 aliphatic rings. The zero-order valence-electron chi connectivity index (χ0n) is 11.0. The fourth-order valence-electron chi connectivity index (χ4n) is 2.00. The van der Waals surface area contributed by atoms with Crippen molar-refractivity contribution in [2.45, 2.75) is 20.3 Å². The molecule has 0 aliphatic carbocycles. The first kappa shape index (κ1) is 13.3. The van der Waals surface area contributed by atoms with Gasteiger partial charge in [0, 0.05) is 11.5 Å². The molecule has 0 fully saturated rings. The van der Waals surface area contributed by atoms with Crippen molar-refractivity contribution in [2.75, 3.05) is 0 Å². The molecule has 2 aromatic carbocycles. The van der Waals surface area contributed by atoms with Gasteiger partial charge in [-0.15, -0.1) is 0 Å². The lowest BCUT2D eigenvalue weighted by Crippen LogP contribution is -2.09. The molecule has 19 heavy (non-hydrogen) atoms.